The number of hydrogen-bond acceptors (Lipinski definition) is 2. The van der Waals surface area contributed by atoms with Crippen LogP contribution in [0.1, 0.15) is 25.8 Å². The third-order valence-electron chi connectivity index (χ3n) is 2.73. The smallest absolute Gasteiger partial charge is 0.319 e. The van der Waals surface area contributed by atoms with Crippen molar-refractivity contribution in [3.63, 3.8) is 0 Å². The lowest BCUT2D eigenvalue weighted by Crippen LogP contribution is -2.33. The standard InChI is InChI=1S/C14H21FN2O2/c1-9-4-5-13(12(15)7-9)17-14(19)16-8-10(2)6-11(3)18/h4-5,7,10-11,18H,6,8H2,1-3H3,(H2,16,17,19). The van der Waals surface area contributed by atoms with Crippen LogP contribution in [-0.4, -0.2) is 23.8 Å². The second kappa shape index (κ2) is 7.09. The molecule has 0 fully saturated rings. The summed E-state index contributed by atoms with van der Waals surface area (Å²) in [5.41, 5.74) is 0.959. The molecule has 0 bridgehead atoms. The van der Waals surface area contributed by atoms with Gasteiger partial charge in [-0.1, -0.05) is 13.0 Å². The molecule has 0 aliphatic carbocycles. The molecule has 0 aliphatic heterocycles. The monoisotopic (exact) mass is 268 g/mol. The topological polar surface area (TPSA) is 61.4 Å². The lowest BCUT2D eigenvalue weighted by molar-refractivity contribution is 0.163. The fourth-order valence-corrected chi connectivity index (χ4v) is 1.82. The van der Waals surface area contributed by atoms with Crippen LogP contribution in [0, 0.1) is 18.7 Å². The van der Waals surface area contributed by atoms with Crippen LogP contribution in [0.15, 0.2) is 18.2 Å². The number of amides is 2. The molecule has 2 amide bonds. The Hall–Kier alpha value is -1.62. The summed E-state index contributed by atoms with van der Waals surface area (Å²) in [5.74, 6) is -0.291. The normalized spacial score (nSPS) is 13.7. The fourth-order valence-electron chi connectivity index (χ4n) is 1.82. The first kappa shape index (κ1) is 15.4. The van der Waals surface area contributed by atoms with E-state index in [4.69, 9.17) is 0 Å². The minimum atomic E-state index is -0.452. The number of halogens is 1. The highest BCUT2D eigenvalue weighted by atomic mass is 19.1. The highest BCUT2D eigenvalue weighted by Gasteiger charge is 2.10. The third-order valence-corrected chi connectivity index (χ3v) is 2.73. The molecule has 0 heterocycles. The Labute approximate surface area is 113 Å². The van der Waals surface area contributed by atoms with E-state index in [-0.39, 0.29) is 11.6 Å². The van der Waals surface area contributed by atoms with Gasteiger partial charge in [-0.05, 0) is 43.9 Å². The third kappa shape index (κ3) is 5.70. The minimum absolute atomic E-state index is 0.159. The predicted molar refractivity (Wildman–Crippen MR) is 73.6 cm³/mol. The molecule has 0 saturated carbocycles. The molecule has 0 aliphatic rings. The number of hydrogen-bond donors (Lipinski definition) is 3. The maximum absolute atomic E-state index is 13.5. The molecule has 0 saturated heterocycles. The number of aliphatic hydroxyl groups excluding tert-OH is 1. The molecule has 0 spiro atoms. The van der Waals surface area contributed by atoms with E-state index in [1.807, 2.05) is 6.92 Å². The lowest BCUT2D eigenvalue weighted by atomic mass is 10.1. The number of nitrogens with one attached hydrogen (secondary N) is 2. The summed E-state index contributed by atoms with van der Waals surface area (Å²) in [6.07, 6.45) is 0.216. The van der Waals surface area contributed by atoms with Crippen molar-refractivity contribution >= 4 is 11.7 Å². The first-order valence-electron chi connectivity index (χ1n) is 6.37. The number of rotatable bonds is 5. The zero-order valence-electron chi connectivity index (χ0n) is 11.5. The first-order chi connectivity index (χ1) is 8.88. The van der Waals surface area contributed by atoms with Gasteiger partial charge in [0.1, 0.15) is 5.82 Å². The molecule has 5 heteroatoms. The van der Waals surface area contributed by atoms with E-state index in [1.165, 1.54) is 12.1 Å². The van der Waals surface area contributed by atoms with Crippen LogP contribution in [0.3, 0.4) is 0 Å². The molecule has 0 aromatic heterocycles. The van der Waals surface area contributed by atoms with Crippen molar-refractivity contribution < 1.29 is 14.3 Å². The molecule has 19 heavy (non-hydrogen) atoms. The number of aliphatic hydroxyl groups is 1. The molecule has 4 nitrogen and oxygen atoms in total. The van der Waals surface area contributed by atoms with Gasteiger partial charge in [0.25, 0.3) is 0 Å². The molecule has 3 N–H and O–H groups in total. The summed E-state index contributed by atoms with van der Waals surface area (Å²) in [6, 6.07) is 4.18. The van der Waals surface area contributed by atoms with E-state index in [0.717, 1.165) is 5.56 Å². The van der Waals surface area contributed by atoms with Crippen molar-refractivity contribution in [2.45, 2.75) is 33.3 Å². The summed E-state index contributed by atoms with van der Waals surface area (Å²) < 4.78 is 13.5. The number of carbonyl (C=O) groups excluding carboxylic acids is 1. The molecular weight excluding hydrogens is 247 g/mol. The van der Waals surface area contributed by atoms with Crippen molar-refractivity contribution in [2.24, 2.45) is 5.92 Å². The minimum Gasteiger partial charge on any atom is -0.393 e. The van der Waals surface area contributed by atoms with Gasteiger partial charge in [-0.15, -0.1) is 0 Å². The van der Waals surface area contributed by atoms with Crippen LogP contribution in [0.5, 0.6) is 0 Å². The number of anilines is 1. The summed E-state index contributed by atoms with van der Waals surface area (Å²) in [5, 5.41) is 14.3. The highest BCUT2D eigenvalue weighted by molar-refractivity contribution is 5.89. The lowest BCUT2D eigenvalue weighted by Gasteiger charge is -2.15. The summed E-state index contributed by atoms with van der Waals surface area (Å²) in [4.78, 5) is 11.6. The number of benzene rings is 1. The summed E-state index contributed by atoms with van der Waals surface area (Å²) in [7, 11) is 0. The van der Waals surface area contributed by atoms with Crippen molar-refractivity contribution in [2.75, 3.05) is 11.9 Å². The molecule has 2 unspecified atom stereocenters. The van der Waals surface area contributed by atoms with Gasteiger partial charge in [0.2, 0.25) is 0 Å². The van der Waals surface area contributed by atoms with Gasteiger partial charge in [0, 0.05) is 6.54 Å². The van der Waals surface area contributed by atoms with E-state index in [0.29, 0.717) is 13.0 Å². The molecule has 1 aromatic rings. The van der Waals surface area contributed by atoms with Crippen LogP contribution in [0.4, 0.5) is 14.9 Å². The van der Waals surface area contributed by atoms with E-state index in [9.17, 15) is 14.3 Å². The maximum Gasteiger partial charge on any atom is 0.319 e. The highest BCUT2D eigenvalue weighted by Crippen LogP contribution is 2.15. The number of carbonyl (C=O) groups is 1. The van der Waals surface area contributed by atoms with Gasteiger partial charge in [-0.2, -0.15) is 0 Å². The van der Waals surface area contributed by atoms with Crippen LogP contribution in [0.25, 0.3) is 0 Å². The van der Waals surface area contributed by atoms with Crippen molar-refractivity contribution in [3.8, 4) is 0 Å². The summed E-state index contributed by atoms with van der Waals surface area (Å²) >= 11 is 0. The first-order valence-corrected chi connectivity index (χ1v) is 6.37. The second-order valence-corrected chi connectivity index (χ2v) is 5.01. The molecule has 0 radical (unpaired) electrons. The SMILES string of the molecule is Cc1ccc(NC(=O)NCC(C)CC(C)O)c(F)c1. The van der Waals surface area contributed by atoms with Crippen LogP contribution >= 0.6 is 0 Å². The Kier molecular flexibility index (Phi) is 5.76. The van der Waals surface area contributed by atoms with Gasteiger partial charge < -0.3 is 15.7 Å². The van der Waals surface area contributed by atoms with Crippen molar-refractivity contribution in [3.05, 3.63) is 29.6 Å². The van der Waals surface area contributed by atoms with E-state index in [2.05, 4.69) is 10.6 Å². The molecule has 2 atom stereocenters. The van der Waals surface area contributed by atoms with Gasteiger partial charge in [-0.3, -0.25) is 0 Å². The van der Waals surface area contributed by atoms with Gasteiger partial charge in [0.15, 0.2) is 0 Å². The zero-order valence-corrected chi connectivity index (χ0v) is 11.5. The van der Waals surface area contributed by atoms with E-state index in [1.54, 1.807) is 19.9 Å². The van der Waals surface area contributed by atoms with E-state index < -0.39 is 18.0 Å². The zero-order chi connectivity index (χ0) is 14.4. The molecule has 1 rings (SSSR count). The Morgan fingerprint density at radius 2 is 2.11 bits per heavy atom. The second-order valence-electron chi connectivity index (χ2n) is 5.01. The van der Waals surface area contributed by atoms with Crippen LogP contribution in [0.2, 0.25) is 0 Å². The average Bonchev–Trinajstić information content (AvgIpc) is 2.29. The predicted octanol–water partition coefficient (Wildman–Crippen LogP) is 2.66. The number of urea groups is 1. The van der Waals surface area contributed by atoms with Gasteiger partial charge in [0.05, 0.1) is 11.8 Å². The van der Waals surface area contributed by atoms with E-state index >= 15 is 0 Å². The Balaban J connectivity index is 2.43. The van der Waals surface area contributed by atoms with Crippen molar-refractivity contribution in [1.82, 2.24) is 5.32 Å². The van der Waals surface area contributed by atoms with Gasteiger partial charge in [-0.25, -0.2) is 9.18 Å². The number of aryl methyl sites for hydroxylation is 1. The van der Waals surface area contributed by atoms with Gasteiger partial charge >= 0.3 is 6.03 Å². The Bertz CT molecular complexity index is 435. The summed E-state index contributed by atoms with van der Waals surface area (Å²) in [6.45, 7) is 5.85. The molecule has 106 valence electrons. The Morgan fingerprint density at radius 3 is 2.68 bits per heavy atom. The average molecular weight is 268 g/mol. The van der Waals surface area contributed by atoms with Crippen LogP contribution < -0.4 is 10.6 Å². The quantitative estimate of drug-likeness (QED) is 0.769. The van der Waals surface area contributed by atoms with Crippen LogP contribution in [-0.2, 0) is 0 Å². The Morgan fingerprint density at radius 1 is 1.42 bits per heavy atom. The van der Waals surface area contributed by atoms with Crippen molar-refractivity contribution in [1.29, 1.82) is 0 Å². The molecular formula is C14H21FN2O2. The fraction of sp³-hybridized carbons (Fsp3) is 0.500. The maximum atomic E-state index is 13.5. The largest absolute Gasteiger partial charge is 0.393 e. The molecule has 1 aromatic carbocycles.